The first-order valence-electron chi connectivity index (χ1n) is 6.69. The van der Waals surface area contributed by atoms with Gasteiger partial charge in [0.2, 0.25) is 0 Å². The summed E-state index contributed by atoms with van der Waals surface area (Å²) in [6, 6.07) is 15.3. The molecular weight excluding hydrogens is 218 g/mol. The van der Waals surface area contributed by atoms with E-state index in [1.54, 1.807) is 0 Å². The van der Waals surface area contributed by atoms with Crippen molar-refractivity contribution >= 4 is 0 Å². The van der Waals surface area contributed by atoms with Gasteiger partial charge in [0.25, 0.3) is 0 Å². The molecule has 0 unspecified atom stereocenters. The highest BCUT2D eigenvalue weighted by Crippen LogP contribution is 2.26. The number of nitrogens with two attached hydrogens (primary N) is 1. The molecule has 2 aromatic carbocycles. The molecule has 0 bridgehead atoms. The molecule has 1 heteroatoms. The normalized spacial score (nSPS) is 10.6. The molecule has 0 fully saturated rings. The van der Waals surface area contributed by atoms with E-state index in [1.807, 2.05) is 0 Å². The maximum Gasteiger partial charge on any atom is 0.0178 e. The second-order valence-corrected chi connectivity index (χ2v) is 4.60. The van der Waals surface area contributed by atoms with Crippen molar-refractivity contribution in [2.24, 2.45) is 5.73 Å². The molecule has 1 nitrogen and oxygen atoms in total. The van der Waals surface area contributed by atoms with Gasteiger partial charge in [0.05, 0.1) is 0 Å². The molecule has 94 valence electrons. The van der Waals surface area contributed by atoms with E-state index in [2.05, 4.69) is 56.3 Å². The lowest BCUT2D eigenvalue weighted by atomic mass is 9.94. The van der Waals surface area contributed by atoms with E-state index in [-0.39, 0.29) is 0 Å². The van der Waals surface area contributed by atoms with Crippen LogP contribution in [0.15, 0.2) is 42.5 Å². The lowest BCUT2D eigenvalue weighted by Gasteiger charge is -2.11. The third-order valence-electron chi connectivity index (χ3n) is 3.44. The lowest BCUT2D eigenvalue weighted by molar-refractivity contribution is 1.07. The highest BCUT2D eigenvalue weighted by Gasteiger charge is 2.05. The van der Waals surface area contributed by atoms with Crippen molar-refractivity contribution in [3.8, 4) is 11.1 Å². The minimum atomic E-state index is 0.600. The first-order valence-corrected chi connectivity index (χ1v) is 6.69. The van der Waals surface area contributed by atoms with E-state index in [9.17, 15) is 0 Å². The van der Waals surface area contributed by atoms with E-state index in [0.717, 1.165) is 12.8 Å². The van der Waals surface area contributed by atoms with Gasteiger partial charge in [0.15, 0.2) is 0 Å². The van der Waals surface area contributed by atoms with Crippen molar-refractivity contribution in [1.29, 1.82) is 0 Å². The van der Waals surface area contributed by atoms with Gasteiger partial charge in [-0.2, -0.15) is 0 Å². The molecule has 0 amide bonds. The van der Waals surface area contributed by atoms with Crippen LogP contribution in [0.2, 0.25) is 0 Å². The van der Waals surface area contributed by atoms with Crippen LogP contribution in [0.3, 0.4) is 0 Å². The van der Waals surface area contributed by atoms with Crippen LogP contribution in [0.5, 0.6) is 0 Å². The zero-order valence-corrected chi connectivity index (χ0v) is 11.2. The number of hydrogen-bond donors (Lipinski definition) is 1. The van der Waals surface area contributed by atoms with Crippen LogP contribution in [0.4, 0.5) is 0 Å². The van der Waals surface area contributed by atoms with E-state index < -0.39 is 0 Å². The average molecular weight is 239 g/mol. The summed E-state index contributed by atoms with van der Waals surface area (Å²) in [5.41, 5.74) is 12.3. The SMILES string of the molecule is CCc1ccc(CC)c(-c2cccc(CN)c2)c1. The minimum absolute atomic E-state index is 0.600. The van der Waals surface area contributed by atoms with Gasteiger partial charge in [-0.3, -0.25) is 0 Å². The summed E-state index contributed by atoms with van der Waals surface area (Å²) in [4.78, 5) is 0. The molecule has 0 aliphatic carbocycles. The van der Waals surface area contributed by atoms with Gasteiger partial charge in [0, 0.05) is 6.54 Å². The summed E-state index contributed by atoms with van der Waals surface area (Å²) in [5.74, 6) is 0. The Balaban J connectivity index is 2.53. The standard InChI is InChI=1S/C17H21N/c1-3-13-8-9-15(4-2)17(11-13)16-7-5-6-14(10-16)12-18/h5-11H,3-4,12,18H2,1-2H3. The van der Waals surface area contributed by atoms with Crippen molar-refractivity contribution in [2.75, 3.05) is 0 Å². The Kier molecular flexibility index (Phi) is 4.16. The summed E-state index contributed by atoms with van der Waals surface area (Å²) >= 11 is 0. The highest BCUT2D eigenvalue weighted by atomic mass is 14.5. The average Bonchev–Trinajstić information content (AvgIpc) is 2.46. The Morgan fingerprint density at radius 2 is 1.72 bits per heavy atom. The molecule has 2 N–H and O–H groups in total. The largest absolute Gasteiger partial charge is 0.326 e. The summed E-state index contributed by atoms with van der Waals surface area (Å²) in [6.07, 6.45) is 2.14. The summed E-state index contributed by atoms with van der Waals surface area (Å²) in [7, 11) is 0. The van der Waals surface area contributed by atoms with Gasteiger partial charge in [-0.15, -0.1) is 0 Å². The highest BCUT2D eigenvalue weighted by molar-refractivity contribution is 5.69. The van der Waals surface area contributed by atoms with Crippen LogP contribution in [0.25, 0.3) is 11.1 Å². The van der Waals surface area contributed by atoms with Crippen LogP contribution in [-0.4, -0.2) is 0 Å². The summed E-state index contributed by atoms with van der Waals surface area (Å²) in [6.45, 7) is 5.00. The maximum absolute atomic E-state index is 5.72. The predicted molar refractivity (Wildman–Crippen MR) is 78.5 cm³/mol. The molecule has 0 aliphatic heterocycles. The van der Waals surface area contributed by atoms with Gasteiger partial charge in [0.1, 0.15) is 0 Å². The van der Waals surface area contributed by atoms with Crippen LogP contribution in [0.1, 0.15) is 30.5 Å². The maximum atomic E-state index is 5.72. The van der Waals surface area contributed by atoms with E-state index in [1.165, 1.54) is 27.8 Å². The van der Waals surface area contributed by atoms with Gasteiger partial charge in [-0.1, -0.05) is 50.2 Å². The minimum Gasteiger partial charge on any atom is -0.326 e. The molecule has 0 aliphatic rings. The van der Waals surface area contributed by atoms with Gasteiger partial charge < -0.3 is 5.73 Å². The van der Waals surface area contributed by atoms with Crippen molar-refractivity contribution in [3.05, 3.63) is 59.2 Å². The second-order valence-electron chi connectivity index (χ2n) is 4.60. The van der Waals surface area contributed by atoms with E-state index in [4.69, 9.17) is 5.73 Å². The van der Waals surface area contributed by atoms with E-state index in [0.29, 0.717) is 6.54 Å². The fourth-order valence-electron chi connectivity index (χ4n) is 2.29. The number of hydrogen-bond acceptors (Lipinski definition) is 1. The van der Waals surface area contributed by atoms with Gasteiger partial charge in [-0.25, -0.2) is 0 Å². The molecule has 0 saturated heterocycles. The second kappa shape index (κ2) is 5.83. The van der Waals surface area contributed by atoms with Crippen molar-refractivity contribution in [2.45, 2.75) is 33.2 Å². The molecule has 2 aromatic rings. The van der Waals surface area contributed by atoms with Gasteiger partial charge >= 0.3 is 0 Å². The van der Waals surface area contributed by atoms with Crippen LogP contribution in [0, 0.1) is 0 Å². The lowest BCUT2D eigenvalue weighted by Crippen LogP contribution is -1.97. The van der Waals surface area contributed by atoms with Crippen LogP contribution < -0.4 is 5.73 Å². The Bertz CT molecular complexity index is 529. The number of aryl methyl sites for hydroxylation is 2. The molecule has 0 aromatic heterocycles. The zero-order valence-electron chi connectivity index (χ0n) is 11.2. The first kappa shape index (κ1) is 12.8. The quantitative estimate of drug-likeness (QED) is 0.859. The molecule has 18 heavy (non-hydrogen) atoms. The van der Waals surface area contributed by atoms with Crippen LogP contribution in [-0.2, 0) is 19.4 Å². The Morgan fingerprint density at radius 3 is 2.39 bits per heavy atom. The third-order valence-corrected chi connectivity index (χ3v) is 3.44. The van der Waals surface area contributed by atoms with Crippen molar-refractivity contribution in [3.63, 3.8) is 0 Å². The van der Waals surface area contributed by atoms with Gasteiger partial charge in [-0.05, 0) is 46.7 Å². The smallest absolute Gasteiger partial charge is 0.0178 e. The molecule has 0 heterocycles. The van der Waals surface area contributed by atoms with Crippen molar-refractivity contribution in [1.82, 2.24) is 0 Å². The van der Waals surface area contributed by atoms with Crippen LogP contribution >= 0.6 is 0 Å². The number of rotatable bonds is 4. The molecule has 2 rings (SSSR count). The molecule has 0 spiro atoms. The van der Waals surface area contributed by atoms with Crippen molar-refractivity contribution < 1.29 is 0 Å². The predicted octanol–water partition coefficient (Wildman–Crippen LogP) is 3.94. The molecule has 0 saturated carbocycles. The Hall–Kier alpha value is -1.60. The fraction of sp³-hybridized carbons (Fsp3) is 0.294. The fourth-order valence-corrected chi connectivity index (χ4v) is 2.29. The molecule has 0 radical (unpaired) electrons. The zero-order chi connectivity index (χ0) is 13.0. The summed E-state index contributed by atoms with van der Waals surface area (Å²) < 4.78 is 0. The first-order chi connectivity index (χ1) is 8.78. The molecule has 0 atom stereocenters. The Morgan fingerprint density at radius 1 is 0.889 bits per heavy atom. The molecular formula is C17H21N. The Labute approximate surface area is 110 Å². The number of benzene rings is 2. The monoisotopic (exact) mass is 239 g/mol. The third kappa shape index (κ3) is 2.62. The van der Waals surface area contributed by atoms with E-state index >= 15 is 0 Å². The summed E-state index contributed by atoms with van der Waals surface area (Å²) in [5, 5.41) is 0. The topological polar surface area (TPSA) is 26.0 Å².